The summed E-state index contributed by atoms with van der Waals surface area (Å²) in [6.07, 6.45) is 0. The molecule has 8 heteroatoms. The number of ether oxygens (including phenoxy) is 3. The predicted molar refractivity (Wildman–Crippen MR) is 99.6 cm³/mol. The molecule has 0 aliphatic carbocycles. The van der Waals surface area contributed by atoms with Crippen molar-refractivity contribution in [2.75, 3.05) is 26.9 Å². The highest BCUT2D eigenvalue weighted by Gasteiger charge is 2.15. The van der Waals surface area contributed by atoms with E-state index in [2.05, 4.69) is 5.32 Å². The minimum Gasteiger partial charge on any atom is -0.491 e. The standard InChI is InChI=1S/C19H22N2O6/c1-13-4-5-14(2)17(10-13)26-9-8-20-19(22)12-27-15-6-7-16(21(23)24)18(11-15)25-3/h4-7,10-11H,8-9,12H2,1-3H3,(H,20,22). The first-order valence-electron chi connectivity index (χ1n) is 8.32. The molecule has 2 rings (SSSR count). The zero-order chi connectivity index (χ0) is 19.8. The Hall–Kier alpha value is -3.29. The Bertz CT molecular complexity index is 822. The van der Waals surface area contributed by atoms with E-state index in [9.17, 15) is 14.9 Å². The number of aryl methyl sites for hydroxylation is 2. The van der Waals surface area contributed by atoms with Crippen LogP contribution in [-0.4, -0.2) is 37.7 Å². The van der Waals surface area contributed by atoms with Crippen molar-refractivity contribution < 1.29 is 23.9 Å². The molecule has 0 saturated heterocycles. The Balaban J connectivity index is 1.76. The van der Waals surface area contributed by atoms with Crippen LogP contribution in [0.25, 0.3) is 0 Å². The molecular weight excluding hydrogens is 352 g/mol. The van der Waals surface area contributed by atoms with E-state index < -0.39 is 4.92 Å². The zero-order valence-electron chi connectivity index (χ0n) is 15.5. The zero-order valence-corrected chi connectivity index (χ0v) is 15.5. The third-order valence-corrected chi connectivity index (χ3v) is 3.74. The number of hydrogen-bond acceptors (Lipinski definition) is 6. The molecule has 0 saturated carbocycles. The molecule has 0 aliphatic rings. The van der Waals surface area contributed by atoms with Crippen molar-refractivity contribution in [2.24, 2.45) is 0 Å². The first kappa shape index (κ1) is 20.0. The van der Waals surface area contributed by atoms with Gasteiger partial charge in [-0.1, -0.05) is 12.1 Å². The van der Waals surface area contributed by atoms with Crippen molar-refractivity contribution in [1.29, 1.82) is 0 Å². The summed E-state index contributed by atoms with van der Waals surface area (Å²) in [5.41, 5.74) is 1.96. The summed E-state index contributed by atoms with van der Waals surface area (Å²) in [5.74, 6) is 0.842. The molecule has 0 aliphatic heterocycles. The van der Waals surface area contributed by atoms with Gasteiger partial charge in [-0.3, -0.25) is 14.9 Å². The van der Waals surface area contributed by atoms with Gasteiger partial charge in [-0.05, 0) is 37.1 Å². The highest BCUT2D eigenvalue weighted by Crippen LogP contribution is 2.30. The van der Waals surface area contributed by atoms with E-state index >= 15 is 0 Å². The Kier molecular flexibility index (Phi) is 6.99. The summed E-state index contributed by atoms with van der Waals surface area (Å²) in [4.78, 5) is 22.2. The van der Waals surface area contributed by atoms with Crippen LogP contribution in [-0.2, 0) is 4.79 Å². The maximum absolute atomic E-state index is 11.8. The molecule has 0 bridgehead atoms. The largest absolute Gasteiger partial charge is 0.491 e. The van der Waals surface area contributed by atoms with E-state index in [0.29, 0.717) is 18.9 Å². The van der Waals surface area contributed by atoms with Gasteiger partial charge >= 0.3 is 5.69 Å². The summed E-state index contributed by atoms with van der Waals surface area (Å²) >= 11 is 0. The van der Waals surface area contributed by atoms with Crippen molar-refractivity contribution in [3.8, 4) is 17.2 Å². The van der Waals surface area contributed by atoms with Gasteiger partial charge in [0.25, 0.3) is 5.91 Å². The minimum absolute atomic E-state index is 0.0693. The van der Waals surface area contributed by atoms with Crippen LogP contribution in [0.2, 0.25) is 0 Å². The van der Waals surface area contributed by atoms with Crippen LogP contribution in [0.1, 0.15) is 11.1 Å². The topological polar surface area (TPSA) is 99.9 Å². The second-order valence-electron chi connectivity index (χ2n) is 5.85. The molecule has 27 heavy (non-hydrogen) atoms. The van der Waals surface area contributed by atoms with Crippen molar-refractivity contribution in [1.82, 2.24) is 5.32 Å². The van der Waals surface area contributed by atoms with Gasteiger partial charge in [0.05, 0.1) is 18.6 Å². The van der Waals surface area contributed by atoms with E-state index in [-0.39, 0.29) is 24.0 Å². The number of nitro groups is 1. The van der Waals surface area contributed by atoms with Gasteiger partial charge in [-0.2, -0.15) is 0 Å². The number of nitrogens with one attached hydrogen (secondary N) is 1. The lowest BCUT2D eigenvalue weighted by Gasteiger charge is -2.11. The lowest BCUT2D eigenvalue weighted by Crippen LogP contribution is -2.32. The van der Waals surface area contributed by atoms with Gasteiger partial charge in [-0.25, -0.2) is 0 Å². The summed E-state index contributed by atoms with van der Waals surface area (Å²) in [6, 6.07) is 9.99. The van der Waals surface area contributed by atoms with Gasteiger partial charge in [0.1, 0.15) is 18.1 Å². The smallest absolute Gasteiger partial charge is 0.311 e. The van der Waals surface area contributed by atoms with Crippen LogP contribution in [0, 0.1) is 24.0 Å². The lowest BCUT2D eigenvalue weighted by atomic mass is 10.1. The number of benzene rings is 2. The van der Waals surface area contributed by atoms with Crippen LogP contribution < -0.4 is 19.5 Å². The van der Waals surface area contributed by atoms with Crippen LogP contribution in [0.15, 0.2) is 36.4 Å². The number of rotatable bonds is 9. The number of nitro benzene ring substituents is 1. The fourth-order valence-electron chi connectivity index (χ4n) is 2.31. The molecule has 1 N–H and O–H groups in total. The lowest BCUT2D eigenvalue weighted by molar-refractivity contribution is -0.385. The monoisotopic (exact) mass is 374 g/mol. The molecule has 2 aromatic rings. The summed E-state index contributed by atoms with van der Waals surface area (Å²) < 4.78 is 16.0. The summed E-state index contributed by atoms with van der Waals surface area (Å²) in [7, 11) is 1.33. The highest BCUT2D eigenvalue weighted by atomic mass is 16.6. The number of carbonyl (C=O) groups is 1. The molecule has 2 aromatic carbocycles. The van der Waals surface area contributed by atoms with Crippen LogP contribution >= 0.6 is 0 Å². The van der Waals surface area contributed by atoms with Gasteiger partial charge in [0.15, 0.2) is 6.61 Å². The number of amides is 1. The molecule has 1 amide bonds. The molecule has 0 fully saturated rings. The highest BCUT2D eigenvalue weighted by molar-refractivity contribution is 5.77. The van der Waals surface area contributed by atoms with Crippen molar-refractivity contribution in [2.45, 2.75) is 13.8 Å². The number of carbonyl (C=O) groups excluding carboxylic acids is 1. The normalized spacial score (nSPS) is 10.2. The second-order valence-corrected chi connectivity index (χ2v) is 5.85. The SMILES string of the molecule is COc1cc(OCC(=O)NCCOc2cc(C)ccc2C)ccc1[N+](=O)[O-]. The van der Waals surface area contributed by atoms with E-state index in [1.807, 2.05) is 32.0 Å². The number of methoxy groups -OCH3 is 1. The van der Waals surface area contributed by atoms with Crippen molar-refractivity contribution in [3.05, 3.63) is 57.6 Å². The average molecular weight is 374 g/mol. The first-order chi connectivity index (χ1) is 12.9. The molecular formula is C19H22N2O6. The Labute approximate surface area is 157 Å². The fraction of sp³-hybridized carbons (Fsp3) is 0.316. The van der Waals surface area contributed by atoms with Crippen molar-refractivity contribution >= 4 is 11.6 Å². The van der Waals surface area contributed by atoms with Crippen LogP contribution in [0.4, 0.5) is 5.69 Å². The maximum atomic E-state index is 11.8. The van der Waals surface area contributed by atoms with E-state index in [1.54, 1.807) is 0 Å². The molecule has 0 aromatic heterocycles. The number of hydrogen-bond donors (Lipinski definition) is 1. The molecule has 8 nitrogen and oxygen atoms in total. The molecule has 0 heterocycles. The Morgan fingerprint density at radius 3 is 2.59 bits per heavy atom. The summed E-state index contributed by atoms with van der Waals surface area (Å²) in [5, 5.41) is 13.5. The Morgan fingerprint density at radius 2 is 1.89 bits per heavy atom. The third-order valence-electron chi connectivity index (χ3n) is 3.74. The average Bonchev–Trinajstić information content (AvgIpc) is 2.65. The fourth-order valence-corrected chi connectivity index (χ4v) is 2.31. The van der Waals surface area contributed by atoms with Crippen LogP contribution in [0.3, 0.4) is 0 Å². The molecule has 0 radical (unpaired) electrons. The van der Waals surface area contributed by atoms with E-state index in [1.165, 1.54) is 25.3 Å². The molecule has 0 unspecified atom stereocenters. The third kappa shape index (κ3) is 5.88. The van der Waals surface area contributed by atoms with Gasteiger partial charge < -0.3 is 19.5 Å². The predicted octanol–water partition coefficient (Wildman–Crippen LogP) is 2.79. The first-order valence-corrected chi connectivity index (χ1v) is 8.32. The summed E-state index contributed by atoms with van der Waals surface area (Å²) in [6.45, 7) is 4.39. The molecule has 0 atom stereocenters. The van der Waals surface area contributed by atoms with E-state index in [4.69, 9.17) is 14.2 Å². The van der Waals surface area contributed by atoms with Crippen molar-refractivity contribution in [3.63, 3.8) is 0 Å². The maximum Gasteiger partial charge on any atom is 0.311 e. The van der Waals surface area contributed by atoms with Gasteiger partial charge in [0.2, 0.25) is 5.75 Å². The Morgan fingerprint density at radius 1 is 1.11 bits per heavy atom. The second kappa shape index (κ2) is 9.42. The number of nitrogens with zero attached hydrogens (tertiary/aromatic N) is 1. The van der Waals surface area contributed by atoms with E-state index in [0.717, 1.165) is 16.9 Å². The molecule has 0 spiro atoms. The van der Waals surface area contributed by atoms with Crippen LogP contribution in [0.5, 0.6) is 17.2 Å². The minimum atomic E-state index is -0.550. The molecule has 144 valence electrons. The quantitative estimate of drug-likeness (QED) is 0.412. The van der Waals surface area contributed by atoms with Gasteiger partial charge in [-0.15, -0.1) is 0 Å². The van der Waals surface area contributed by atoms with Gasteiger partial charge in [0, 0.05) is 12.1 Å².